The number of hydrogen-bond donors (Lipinski definition) is 0. The summed E-state index contributed by atoms with van der Waals surface area (Å²) in [6.45, 7) is 0. The van der Waals surface area contributed by atoms with E-state index in [0.717, 1.165) is 29.3 Å². The number of carbonyl (C=O) groups is 1. The molecule has 1 atom stereocenters. The molecule has 3 rings (SSSR count). The van der Waals surface area contributed by atoms with Gasteiger partial charge in [-0.15, -0.1) is 0 Å². The Bertz CT molecular complexity index is 624. The zero-order valence-corrected chi connectivity index (χ0v) is 12.6. The van der Waals surface area contributed by atoms with Crippen molar-refractivity contribution in [3.05, 3.63) is 46.0 Å². The standard InChI is InChI=1S/C15H15BrN2O2/c16-11-5-3-4-10(8-11)9-14-17-15(20-18-14)12-6-1-2-7-13(12)19/h3-5,8,12H,1-2,6-7,9H2. The van der Waals surface area contributed by atoms with Crippen molar-refractivity contribution in [2.75, 3.05) is 0 Å². The molecule has 20 heavy (non-hydrogen) atoms. The fourth-order valence-corrected chi connectivity index (χ4v) is 3.00. The van der Waals surface area contributed by atoms with Crippen LogP contribution in [0.2, 0.25) is 0 Å². The molecule has 0 saturated heterocycles. The van der Waals surface area contributed by atoms with Crippen molar-refractivity contribution in [2.24, 2.45) is 0 Å². The topological polar surface area (TPSA) is 56.0 Å². The Morgan fingerprint density at radius 1 is 1.35 bits per heavy atom. The molecule has 0 spiro atoms. The molecule has 5 heteroatoms. The zero-order valence-electron chi connectivity index (χ0n) is 11.0. The smallest absolute Gasteiger partial charge is 0.237 e. The van der Waals surface area contributed by atoms with Crippen molar-refractivity contribution >= 4 is 21.7 Å². The number of carbonyl (C=O) groups excluding carboxylic acids is 1. The molecule has 0 radical (unpaired) electrons. The lowest BCUT2D eigenvalue weighted by atomic mass is 9.88. The first-order valence-electron chi connectivity index (χ1n) is 6.82. The van der Waals surface area contributed by atoms with Gasteiger partial charge >= 0.3 is 0 Å². The van der Waals surface area contributed by atoms with Gasteiger partial charge in [-0.1, -0.05) is 39.6 Å². The van der Waals surface area contributed by atoms with Crippen LogP contribution >= 0.6 is 15.9 Å². The fourth-order valence-electron chi connectivity index (χ4n) is 2.55. The molecule has 0 aliphatic heterocycles. The number of benzene rings is 1. The van der Waals surface area contributed by atoms with Gasteiger partial charge in [-0.05, 0) is 30.5 Å². The van der Waals surface area contributed by atoms with Crippen molar-refractivity contribution < 1.29 is 9.32 Å². The van der Waals surface area contributed by atoms with Gasteiger partial charge in [-0.25, -0.2) is 0 Å². The average Bonchev–Trinajstić information content (AvgIpc) is 2.87. The molecule has 2 aromatic rings. The molecular formula is C15H15BrN2O2. The van der Waals surface area contributed by atoms with Crippen LogP contribution in [-0.2, 0) is 11.2 Å². The Morgan fingerprint density at radius 2 is 2.25 bits per heavy atom. The first-order chi connectivity index (χ1) is 9.72. The monoisotopic (exact) mass is 334 g/mol. The van der Waals surface area contributed by atoms with Crippen molar-refractivity contribution in [3.8, 4) is 0 Å². The summed E-state index contributed by atoms with van der Waals surface area (Å²) >= 11 is 3.44. The molecular weight excluding hydrogens is 320 g/mol. The van der Waals surface area contributed by atoms with Crippen LogP contribution in [0.5, 0.6) is 0 Å². The highest BCUT2D eigenvalue weighted by Crippen LogP contribution is 2.29. The fraction of sp³-hybridized carbons (Fsp3) is 0.400. The Balaban J connectivity index is 1.75. The number of rotatable bonds is 3. The summed E-state index contributed by atoms with van der Waals surface area (Å²) in [6.07, 6.45) is 4.11. The summed E-state index contributed by atoms with van der Waals surface area (Å²) in [5, 5.41) is 4.00. The molecule has 1 saturated carbocycles. The number of ketones is 1. The van der Waals surface area contributed by atoms with E-state index < -0.39 is 0 Å². The van der Waals surface area contributed by atoms with E-state index in [0.29, 0.717) is 24.6 Å². The third-order valence-corrected chi connectivity index (χ3v) is 4.08. The summed E-state index contributed by atoms with van der Waals surface area (Å²) < 4.78 is 6.31. The molecule has 1 fully saturated rings. The van der Waals surface area contributed by atoms with Gasteiger partial charge in [0.25, 0.3) is 0 Å². The highest BCUT2D eigenvalue weighted by molar-refractivity contribution is 9.10. The van der Waals surface area contributed by atoms with Crippen LogP contribution in [0.1, 0.15) is 48.9 Å². The Morgan fingerprint density at radius 3 is 3.05 bits per heavy atom. The number of halogens is 1. The highest BCUT2D eigenvalue weighted by Gasteiger charge is 2.28. The number of nitrogens with zero attached hydrogens (tertiary/aromatic N) is 2. The lowest BCUT2D eigenvalue weighted by Gasteiger charge is -2.16. The van der Waals surface area contributed by atoms with Crippen LogP contribution in [0.25, 0.3) is 0 Å². The van der Waals surface area contributed by atoms with Crippen LogP contribution in [0.4, 0.5) is 0 Å². The van der Waals surface area contributed by atoms with Crippen molar-refractivity contribution in [1.82, 2.24) is 10.1 Å². The van der Waals surface area contributed by atoms with Crippen LogP contribution in [0.15, 0.2) is 33.3 Å². The van der Waals surface area contributed by atoms with Gasteiger partial charge < -0.3 is 4.52 Å². The van der Waals surface area contributed by atoms with E-state index in [2.05, 4.69) is 26.1 Å². The molecule has 1 aromatic heterocycles. The maximum atomic E-state index is 11.9. The van der Waals surface area contributed by atoms with Crippen molar-refractivity contribution in [1.29, 1.82) is 0 Å². The molecule has 0 bridgehead atoms. The quantitative estimate of drug-likeness (QED) is 0.859. The Labute approximate surface area is 125 Å². The first-order valence-corrected chi connectivity index (χ1v) is 7.61. The summed E-state index contributed by atoms with van der Waals surface area (Å²) in [7, 11) is 0. The van der Waals surface area contributed by atoms with Gasteiger partial charge in [0, 0.05) is 17.3 Å². The molecule has 0 N–H and O–H groups in total. The molecule has 104 valence electrons. The average molecular weight is 335 g/mol. The predicted molar refractivity (Wildman–Crippen MR) is 77.5 cm³/mol. The summed E-state index contributed by atoms with van der Waals surface area (Å²) in [4.78, 5) is 16.3. The normalized spacial score (nSPS) is 19.2. The van der Waals surface area contributed by atoms with Gasteiger partial charge in [0.2, 0.25) is 5.89 Å². The second-order valence-electron chi connectivity index (χ2n) is 5.12. The van der Waals surface area contributed by atoms with Gasteiger partial charge in [-0.2, -0.15) is 4.98 Å². The van der Waals surface area contributed by atoms with E-state index in [1.165, 1.54) is 0 Å². The van der Waals surface area contributed by atoms with Gasteiger partial charge in [0.1, 0.15) is 5.78 Å². The Kier molecular flexibility index (Phi) is 3.96. The van der Waals surface area contributed by atoms with Crippen LogP contribution in [-0.4, -0.2) is 15.9 Å². The lowest BCUT2D eigenvalue weighted by Crippen LogP contribution is -2.17. The third-order valence-electron chi connectivity index (χ3n) is 3.59. The second-order valence-corrected chi connectivity index (χ2v) is 6.04. The molecule has 1 aliphatic rings. The molecule has 1 aliphatic carbocycles. The minimum atomic E-state index is -0.187. The minimum Gasteiger partial charge on any atom is -0.339 e. The zero-order chi connectivity index (χ0) is 13.9. The molecule has 1 aromatic carbocycles. The van der Waals surface area contributed by atoms with Crippen molar-refractivity contribution in [2.45, 2.75) is 38.0 Å². The predicted octanol–water partition coefficient (Wildman–Crippen LogP) is 3.65. The van der Waals surface area contributed by atoms with Gasteiger partial charge in [0.05, 0.1) is 5.92 Å². The first kappa shape index (κ1) is 13.5. The highest BCUT2D eigenvalue weighted by atomic mass is 79.9. The maximum absolute atomic E-state index is 11.9. The largest absolute Gasteiger partial charge is 0.339 e. The van der Waals surface area contributed by atoms with E-state index in [1.807, 2.05) is 24.3 Å². The number of aromatic nitrogens is 2. The second kappa shape index (κ2) is 5.87. The van der Waals surface area contributed by atoms with Crippen LogP contribution in [0, 0.1) is 0 Å². The van der Waals surface area contributed by atoms with Crippen LogP contribution in [0.3, 0.4) is 0 Å². The summed E-state index contributed by atoms with van der Waals surface area (Å²) in [5.74, 6) is 1.16. The van der Waals surface area contributed by atoms with E-state index >= 15 is 0 Å². The molecule has 4 nitrogen and oxygen atoms in total. The number of Topliss-reactive ketones (excluding diaryl/α,β-unsaturated/α-hetero) is 1. The minimum absolute atomic E-state index is 0.187. The lowest BCUT2D eigenvalue weighted by molar-refractivity contribution is -0.122. The van der Waals surface area contributed by atoms with E-state index in [9.17, 15) is 4.79 Å². The molecule has 1 unspecified atom stereocenters. The SMILES string of the molecule is O=C1CCCCC1c1nc(Cc2cccc(Br)c2)no1. The van der Waals surface area contributed by atoms with Gasteiger partial charge in [-0.3, -0.25) is 4.79 Å². The summed E-state index contributed by atoms with van der Waals surface area (Å²) in [5.41, 5.74) is 1.11. The van der Waals surface area contributed by atoms with Crippen molar-refractivity contribution in [3.63, 3.8) is 0 Å². The maximum Gasteiger partial charge on any atom is 0.237 e. The van der Waals surface area contributed by atoms with E-state index in [-0.39, 0.29) is 11.7 Å². The Hall–Kier alpha value is -1.49. The number of hydrogen-bond acceptors (Lipinski definition) is 4. The van der Waals surface area contributed by atoms with Gasteiger partial charge in [0.15, 0.2) is 5.82 Å². The van der Waals surface area contributed by atoms with E-state index in [1.54, 1.807) is 0 Å². The molecule has 1 heterocycles. The van der Waals surface area contributed by atoms with E-state index in [4.69, 9.17) is 4.52 Å². The summed E-state index contributed by atoms with van der Waals surface area (Å²) in [6, 6.07) is 8.01. The molecule has 0 amide bonds. The third kappa shape index (κ3) is 2.98. The van der Waals surface area contributed by atoms with Crippen LogP contribution < -0.4 is 0 Å².